The molecule has 0 saturated heterocycles. The quantitative estimate of drug-likeness (QED) is 0.128. The Morgan fingerprint density at radius 2 is 0.863 bits per heavy atom. The maximum absolute atomic E-state index is 12.9. The van der Waals surface area contributed by atoms with Crippen LogP contribution in [0.4, 0.5) is 5.69 Å². The van der Waals surface area contributed by atoms with Crippen molar-refractivity contribution in [2.45, 2.75) is 118 Å². The molecular formula is C37H62N4O10. The zero-order valence-corrected chi connectivity index (χ0v) is 32.8. The predicted molar refractivity (Wildman–Crippen MR) is 194 cm³/mol. The molecule has 290 valence electrons. The minimum Gasteiger partial charge on any atom is -0.480 e. The Labute approximate surface area is 303 Å². The number of nitrogen functional groups attached to an aromatic ring is 1. The van der Waals surface area contributed by atoms with Gasteiger partial charge in [-0.25, -0.2) is 0 Å². The Morgan fingerprint density at radius 1 is 0.569 bits per heavy atom. The SMILES string of the molecule is CC(C)(C)OC(=O)CN(CCN(CCN(CC(=O)OC(C)(C)C)CC(=O)OC(C)(C)C)[C@@H](Cc1ccc(N)cc1)C(=O)O)CC(=O)OC(C)(C)C. The molecule has 0 radical (unpaired) electrons. The van der Waals surface area contributed by atoms with Gasteiger partial charge < -0.3 is 29.8 Å². The van der Waals surface area contributed by atoms with Gasteiger partial charge in [-0.1, -0.05) is 12.1 Å². The second kappa shape index (κ2) is 19.2. The molecule has 1 rings (SSSR count). The Bertz CT molecular complexity index is 1180. The van der Waals surface area contributed by atoms with Crippen LogP contribution >= 0.6 is 0 Å². The summed E-state index contributed by atoms with van der Waals surface area (Å²) < 4.78 is 22.0. The van der Waals surface area contributed by atoms with Gasteiger partial charge in [0, 0.05) is 31.9 Å². The van der Waals surface area contributed by atoms with Crippen LogP contribution in [0, 0.1) is 0 Å². The first-order chi connectivity index (χ1) is 23.1. The van der Waals surface area contributed by atoms with Gasteiger partial charge in [0.15, 0.2) is 0 Å². The van der Waals surface area contributed by atoms with Gasteiger partial charge in [-0.2, -0.15) is 0 Å². The third kappa shape index (κ3) is 21.9. The number of hydrogen-bond acceptors (Lipinski definition) is 13. The van der Waals surface area contributed by atoms with Gasteiger partial charge in [0.05, 0.1) is 26.2 Å². The third-order valence-electron chi connectivity index (χ3n) is 6.63. The molecule has 1 aromatic rings. The number of benzene rings is 1. The number of carboxylic acids is 1. The number of aliphatic carboxylic acids is 1. The molecule has 0 aliphatic rings. The number of esters is 4. The normalized spacial score (nSPS) is 13.2. The monoisotopic (exact) mass is 722 g/mol. The zero-order valence-electron chi connectivity index (χ0n) is 32.8. The van der Waals surface area contributed by atoms with E-state index in [9.17, 15) is 29.1 Å². The first kappa shape index (κ1) is 45.3. The van der Waals surface area contributed by atoms with Crippen LogP contribution in [0.3, 0.4) is 0 Å². The summed E-state index contributed by atoms with van der Waals surface area (Å²) in [6, 6.07) is 5.80. The highest BCUT2D eigenvalue weighted by Gasteiger charge is 2.30. The molecule has 0 aliphatic heterocycles. The number of nitrogens with zero attached hydrogens (tertiary/aromatic N) is 3. The first-order valence-electron chi connectivity index (χ1n) is 17.2. The number of carbonyl (C=O) groups is 5. The molecule has 1 aromatic carbocycles. The minimum absolute atomic E-state index is 0.0855. The molecular weight excluding hydrogens is 660 g/mol. The predicted octanol–water partition coefficient (Wildman–Crippen LogP) is 3.54. The molecule has 14 nitrogen and oxygen atoms in total. The van der Waals surface area contributed by atoms with E-state index in [1.165, 1.54) is 0 Å². The van der Waals surface area contributed by atoms with Crippen LogP contribution in [0.15, 0.2) is 24.3 Å². The molecule has 1 atom stereocenters. The zero-order chi connectivity index (χ0) is 39.4. The van der Waals surface area contributed by atoms with Crippen molar-refractivity contribution in [1.29, 1.82) is 0 Å². The number of carboxylic acid groups (broad SMARTS) is 1. The minimum atomic E-state index is -1.11. The van der Waals surface area contributed by atoms with E-state index in [4.69, 9.17) is 24.7 Å². The van der Waals surface area contributed by atoms with Crippen LogP contribution < -0.4 is 5.73 Å². The molecule has 0 amide bonds. The molecule has 0 heterocycles. The number of ether oxygens (including phenoxy) is 4. The molecule has 0 aliphatic carbocycles. The number of anilines is 1. The van der Waals surface area contributed by atoms with Crippen LogP contribution in [-0.4, -0.2) is 130 Å². The van der Waals surface area contributed by atoms with E-state index >= 15 is 0 Å². The van der Waals surface area contributed by atoms with Crippen molar-refractivity contribution in [3.63, 3.8) is 0 Å². The largest absolute Gasteiger partial charge is 0.480 e. The van der Waals surface area contributed by atoms with Gasteiger partial charge in [-0.3, -0.25) is 38.7 Å². The average molecular weight is 723 g/mol. The molecule has 3 N–H and O–H groups in total. The lowest BCUT2D eigenvalue weighted by molar-refractivity contribution is -0.162. The molecule has 0 unspecified atom stereocenters. The second-order valence-electron chi connectivity index (χ2n) is 16.6. The lowest BCUT2D eigenvalue weighted by atomic mass is 10.0. The van der Waals surface area contributed by atoms with Crippen molar-refractivity contribution >= 4 is 35.5 Å². The molecule has 14 heteroatoms. The van der Waals surface area contributed by atoms with E-state index in [0.717, 1.165) is 5.56 Å². The number of rotatable bonds is 18. The third-order valence-corrected chi connectivity index (χ3v) is 6.63. The summed E-state index contributed by atoms with van der Waals surface area (Å²) in [5.74, 6) is -3.35. The fourth-order valence-electron chi connectivity index (χ4n) is 4.87. The smallest absolute Gasteiger partial charge is 0.321 e. The van der Waals surface area contributed by atoms with Crippen LogP contribution in [0.5, 0.6) is 0 Å². The Kier molecular flexibility index (Phi) is 17.0. The van der Waals surface area contributed by atoms with Crippen molar-refractivity contribution in [3.05, 3.63) is 29.8 Å². The highest BCUT2D eigenvalue weighted by Crippen LogP contribution is 2.16. The van der Waals surface area contributed by atoms with Crippen LogP contribution in [0.2, 0.25) is 0 Å². The summed E-state index contributed by atoms with van der Waals surface area (Å²) in [4.78, 5) is 69.2. The number of nitrogens with two attached hydrogens (primary N) is 1. The van der Waals surface area contributed by atoms with Gasteiger partial charge >= 0.3 is 29.8 Å². The first-order valence-corrected chi connectivity index (χ1v) is 17.2. The summed E-state index contributed by atoms with van der Waals surface area (Å²) in [7, 11) is 0. The van der Waals surface area contributed by atoms with Crippen LogP contribution in [0.1, 0.15) is 88.6 Å². The average Bonchev–Trinajstić information content (AvgIpc) is 2.88. The Balaban J connectivity index is 3.46. The van der Waals surface area contributed by atoms with E-state index in [2.05, 4.69) is 0 Å². The van der Waals surface area contributed by atoms with Gasteiger partial charge in [0.1, 0.15) is 28.4 Å². The summed E-state index contributed by atoms with van der Waals surface area (Å²) in [6.45, 7) is 20.2. The van der Waals surface area contributed by atoms with Crippen LogP contribution in [0.25, 0.3) is 0 Å². The van der Waals surface area contributed by atoms with Gasteiger partial charge in [-0.05, 0) is 107 Å². The maximum atomic E-state index is 12.9. The van der Waals surface area contributed by atoms with E-state index < -0.39 is 58.3 Å². The highest BCUT2D eigenvalue weighted by atomic mass is 16.6. The molecule has 0 aromatic heterocycles. The van der Waals surface area contributed by atoms with Crippen molar-refractivity contribution in [1.82, 2.24) is 14.7 Å². The lowest BCUT2D eigenvalue weighted by Gasteiger charge is -2.34. The number of hydrogen-bond donors (Lipinski definition) is 2. The van der Waals surface area contributed by atoms with E-state index in [1.807, 2.05) is 0 Å². The fourth-order valence-corrected chi connectivity index (χ4v) is 4.87. The van der Waals surface area contributed by atoms with Gasteiger partial charge in [0.2, 0.25) is 0 Å². The van der Waals surface area contributed by atoms with E-state index in [0.29, 0.717) is 5.69 Å². The van der Waals surface area contributed by atoms with Gasteiger partial charge in [-0.15, -0.1) is 0 Å². The lowest BCUT2D eigenvalue weighted by Crippen LogP contribution is -2.51. The summed E-state index contributed by atoms with van der Waals surface area (Å²) >= 11 is 0. The summed E-state index contributed by atoms with van der Waals surface area (Å²) in [5, 5.41) is 10.5. The fraction of sp³-hybridized carbons (Fsp3) is 0.703. The van der Waals surface area contributed by atoms with Crippen molar-refractivity contribution < 1.29 is 48.0 Å². The highest BCUT2D eigenvalue weighted by molar-refractivity contribution is 5.76. The van der Waals surface area contributed by atoms with Crippen molar-refractivity contribution in [2.24, 2.45) is 0 Å². The molecule has 0 saturated carbocycles. The van der Waals surface area contributed by atoms with Crippen molar-refractivity contribution in [2.75, 3.05) is 58.1 Å². The topological polar surface area (TPSA) is 178 Å². The second-order valence-corrected chi connectivity index (χ2v) is 16.6. The molecule has 0 bridgehead atoms. The van der Waals surface area contributed by atoms with E-state index in [1.54, 1.807) is 122 Å². The van der Waals surface area contributed by atoms with Gasteiger partial charge in [0.25, 0.3) is 0 Å². The van der Waals surface area contributed by atoms with Crippen molar-refractivity contribution in [3.8, 4) is 0 Å². The molecule has 51 heavy (non-hydrogen) atoms. The standard InChI is InChI=1S/C37H62N4O10/c1-34(2,3)48-29(42)22-39(23-30(43)49-35(4,5)6)17-19-41(28(33(46)47)21-26-13-15-27(38)16-14-26)20-18-40(24-31(44)50-36(7,8)9)25-32(45)51-37(10,11)12/h13-16,28H,17-25,38H2,1-12H3,(H,46,47)/t28-/m0/s1. The number of carbonyl (C=O) groups excluding carboxylic acids is 4. The Hall–Kier alpha value is -3.75. The Morgan fingerprint density at radius 3 is 1.12 bits per heavy atom. The van der Waals surface area contributed by atoms with Crippen LogP contribution in [-0.2, 0) is 49.3 Å². The summed E-state index contributed by atoms with van der Waals surface area (Å²) in [6.07, 6.45) is 0.103. The molecule has 0 fully saturated rings. The summed E-state index contributed by atoms with van der Waals surface area (Å²) in [5.41, 5.74) is 4.06. The van der Waals surface area contributed by atoms with E-state index in [-0.39, 0.29) is 58.8 Å². The molecule has 0 spiro atoms. The maximum Gasteiger partial charge on any atom is 0.321 e.